The standard InChI is InChI=1S/C13H14Si/c1-6-11-9-8-10-13(12(11)7-2)14(3,4)5/h1-2,8-10H,3-5H3. The van der Waals surface area contributed by atoms with Gasteiger partial charge in [0, 0.05) is 11.1 Å². The van der Waals surface area contributed by atoms with Crippen molar-refractivity contribution in [2.24, 2.45) is 0 Å². The zero-order valence-corrected chi connectivity index (χ0v) is 9.89. The topological polar surface area (TPSA) is 0 Å². The van der Waals surface area contributed by atoms with Crippen molar-refractivity contribution in [1.82, 2.24) is 0 Å². The van der Waals surface area contributed by atoms with E-state index in [9.17, 15) is 0 Å². The summed E-state index contributed by atoms with van der Waals surface area (Å²) in [7, 11) is -1.38. The molecule has 0 aromatic heterocycles. The fourth-order valence-electron chi connectivity index (χ4n) is 1.45. The Morgan fingerprint density at radius 3 is 2.14 bits per heavy atom. The molecule has 0 saturated heterocycles. The monoisotopic (exact) mass is 198 g/mol. The van der Waals surface area contributed by atoms with Crippen molar-refractivity contribution in [2.45, 2.75) is 19.6 Å². The minimum absolute atomic E-state index is 0.840. The predicted molar refractivity (Wildman–Crippen MR) is 65.3 cm³/mol. The first kappa shape index (κ1) is 10.6. The SMILES string of the molecule is C#Cc1cccc([Si](C)(C)C)c1C#C. The first-order valence-electron chi connectivity index (χ1n) is 4.57. The second kappa shape index (κ2) is 3.74. The highest BCUT2D eigenvalue weighted by atomic mass is 28.3. The number of rotatable bonds is 1. The third-order valence-electron chi connectivity index (χ3n) is 2.17. The van der Waals surface area contributed by atoms with Gasteiger partial charge in [0.15, 0.2) is 0 Å². The van der Waals surface area contributed by atoms with E-state index in [2.05, 4.69) is 37.5 Å². The van der Waals surface area contributed by atoms with E-state index in [0.29, 0.717) is 0 Å². The van der Waals surface area contributed by atoms with E-state index in [-0.39, 0.29) is 0 Å². The molecule has 0 aliphatic heterocycles. The van der Waals surface area contributed by atoms with Crippen LogP contribution in [0.2, 0.25) is 19.6 Å². The summed E-state index contributed by atoms with van der Waals surface area (Å²) < 4.78 is 0. The summed E-state index contributed by atoms with van der Waals surface area (Å²) in [6, 6.07) is 5.99. The summed E-state index contributed by atoms with van der Waals surface area (Å²) in [6.45, 7) is 6.80. The Bertz CT molecular complexity index is 422. The van der Waals surface area contributed by atoms with Crippen molar-refractivity contribution in [3.63, 3.8) is 0 Å². The normalized spacial score (nSPS) is 10.4. The van der Waals surface area contributed by atoms with Crippen LogP contribution in [0.1, 0.15) is 11.1 Å². The van der Waals surface area contributed by atoms with Crippen molar-refractivity contribution >= 4 is 13.3 Å². The zero-order valence-electron chi connectivity index (χ0n) is 8.89. The lowest BCUT2D eigenvalue weighted by Crippen LogP contribution is -2.39. The Kier molecular flexibility index (Phi) is 2.84. The minimum Gasteiger partial charge on any atom is -0.115 e. The molecule has 1 aromatic rings. The summed E-state index contributed by atoms with van der Waals surface area (Å²) >= 11 is 0. The molecule has 1 aromatic carbocycles. The van der Waals surface area contributed by atoms with Crippen LogP contribution in [0.15, 0.2) is 18.2 Å². The molecule has 0 aliphatic rings. The quantitative estimate of drug-likeness (QED) is 0.479. The van der Waals surface area contributed by atoms with Crippen LogP contribution in [-0.2, 0) is 0 Å². The van der Waals surface area contributed by atoms with E-state index < -0.39 is 8.07 Å². The van der Waals surface area contributed by atoms with Gasteiger partial charge in [0.1, 0.15) is 0 Å². The summed E-state index contributed by atoms with van der Waals surface area (Å²) in [6.07, 6.45) is 10.9. The molecule has 0 spiro atoms. The molecular formula is C13H14Si. The number of hydrogen-bond donors (Lipinski definition) is 0. The van der Waals surface area contributed by atoms with E-state index in [4.69, 9.17) is 12.8 Å². The van der Waals surface area contributed by atoms with Crippen LogP contribution in [0.25, 0.3) is 0 Å². The van der Waals surface area contributed by atoms with E-state index in [1.54, 1.807) is 0 Å². The average Bonchev–Trinajstić information content (AvgIpc) is 2.15. The molecule has 0 amide bonds. The van der Waals surface area contributed by atoms with Gasteiger partial charge in [0.05, 0.1) is 8.07 Å². The molecule has 0 heterocycles. The molecule has 0 aliphatic carbocycles. The largest absolute Gasteiger partial charge is 0.115 e. The third kappa shape index (κ3) is 1.90. The maximum absolute atomic E-state index is 5.50. The van der Waals surface area contributed by atoms with Gasteiger partial charge in [-0.3, -0.25) is 0 Å². The van der Waals surface area contributed by atoms with Crippen molar-refractivity contribution in [3.05, 3.63) is 29.3 Å². The minimum atomic E-state index is -1.38. The van der Waals surface area contributed by atoms with Gasteiger partial charge in [-0.1, -0.05) is 43.6 Å². The Labute approximate surface area is 87.4 Å². The summed E-state index contributed by atoms with van der Waals surface area (Å²) in [4.78, 5) is 0. The van der Waals surface area contributed by atoms with Crippen molar-refractivity contribution in [3.8, 4) is 24.7 Å². The van der Waals surface area contributed by atoms with Gasteiger partial charge in [-0.05, 0) is 11.3 Å². The van der Waals surface area contributed by atoms with Crippen LogP contribution in [-0.4, -0.2) is 8.07 Å². The molecule has 0 unspecified atom stereocenters. The predicted octanol–water partition coefficient (Wildman–Crippen LogP) is 2.19. The first-order chi connectivity index (χ1) is 6.50. The van der Waals surface area contributed by atoms with Gasteiger partial charge in [0.2, 0.25) is 0 Å². The van der Waals surface area contributed by atoms with Crippen LogP contribution in [0.5, 0.6) is 0 Å². The van der Waals surface area contributed by atoms with E-state index in [1.807, 2.05) is 12.1 Å². The highest BCUT2D eigenvalue weighted by Gasteiger charge is 2.20. The maximum Gasteiger partial charge on any atom is 0.0792 e. The molecule has 1 rings (SSSR count). The fraction of sp³-hybridized carbons (Fsp3) is 0.231. The molecule has 14 heavy (non-hydrogen) atoms. The van der Waals surface area contributed by atoms with E-state index >= 15 is 0 Å². The van der Waals surface area contributed by atoms with Crippen LogP contribution in [0.4, 0.5) is 0 Å². The zero-order chi connectivity index (χ0) is 10.8. The van der Waals surface area contributed by atoms with Gasteiger partial charge in [-0.25, -0.2) is 0 Å². The van der Waals surface area contributed by atoms with Gasteiger partial charge in [-0.15, -0.1) is 12.8 Å². The van der Waals surface area contributed by atoms with Gasteiger partial charge < -0.3 is 0 Å². The number of hydrogen-bond acceptors (Lipinski definition) is 0. The molecule has 70 valence electrons. The van der Waals surface area contributed by atoms with Crippen molar-refractivity contribution in [1.29, 1.82) is 0 Å². The van der Waals surface area contributed by atoms with Crippen molar-refractivity contribution < 1.29 is 0 Å². The summed E-state index contributed by atoms with van der Waals surface area (Å²) in [5, 5.41) is 1.27. The Morgan fingerprint density at radius 2 is 1.71 bits per heavy atom. The van der Waals surface area contributed by atoms with Crippen LogP contribution < -0.4 is 5.19 Å². The van der Waals surface area contributed by atoms with Crippen LogP contribution in [0, 0.1) is 24.7 Å². The molecule has 1 heteroatoms. The van der Waals surface area contributed by atoms with E-state index in [0.717, 1.165) is 11.1 Å². The molecule has 0 nitrogen and oxygen atoms in total. The van der Waals surface area contributed by atoms with E-state index in [1.165, 1.54) is 5.19 Å². The number of terminal acetylenes is 2. The highest BCUT2D eigenvalue weighted by Crippen LogP contribution is 2.10. The molecule has 0 fully saturated rings. The molecule has 0 atom stereocenters. The average molecular weight is 198 g/mol. The van der Waals surface area contributed by atoms with Crippen LogP contribution in [0.3, 0.4) is 0 Å². The van der Waals surface area contributed by atoms with Crippen molar-refractivity contribution in [2.75, 3.05) is 0 Å². The lowest BCUT2D eigenvalue weighted by Gasteiger charge is -2.19. The molecule has 0 radical (unpaired) electrons. The second-order valence-corrected chi connectivity index (χ2v) is 9.31. The lowest BCUT2D eigenvalue weighted by atomic mass is 10.1. The lowest BCUT2D eigenvalue weighted by molar-refractivity contribution is 1.59. The Morgan fingerprint density at radius 1 is 1.07 bits per heavy atom. The molecule has 0 N–H and O–H groups in total. The fourth-order valence-corrected chi connectivity index (χ4v) is 3.01. The first-order valence-corrected chi connectivity index (χ1v) is 8.07. The number of benzene rings is 1. The summed E-state index contributed by atoms with van der Waals surface area (Å²) in [5.74, 6) is 5.35. The van der Waals surface area contributed by atoms with Gasteiger partial charge >= 0.3 is 0 Å². The summed E-state index contributed by atoms with van der Waals surface area (Å²) in [5.41, 5.74) is 1.75. The smallest absolute Gasteiger partial charge is 0.0792 e. The molecule has 0 bridgehead atoms. The van der Waals surface area contributed by atoms with Gasteiger partial charge in [0.25, 0.3) is 0 Å². The van der Waals surface area contributed by atoms with Gasteiger partial charge in [-0.2, -0.15) is 0 Å². The van der Waals surface area contributed by atoms with Crippen LogP contribution >= 0.6 is 0 Å². The highest BCUT2D eigenvalue weighted by molar-refractivity contribution is 6.89. The maximum atomic E-state index is 5.50. The molecule has 0 saturated carbocycles. The Hall–Kier alpha value is -1.44. The molecular weight excluding hydrogens is 184 g/mol. The third-order valence-corrected chi connectivity index (χ3v) is 4.21. The Balaban J connectivity index is 3.49. The second-order valence-electron chi connectivity index (χ2n) is 4.27.